The lowest BCUT2D eigenvalue weighted by Gasteiger charge is -2.23. The fraction of sp³-hybridized carbons (Fsp3) is 0.562. The van der Waals surface area contributed by atoms with Crippen LogP contribution in [0.5, 0.6) is 0 Å². The van der Waals surface area contributed by atoms with Crippen LogP contribution in [-0.4, -0.2) is 45.8 Å². The van der Waals surface area contributed by atoms with Crippen LogP contribution in [0.3, 0.4) is 0 Å². The summed E-state index contributed by atoms with van der Waals surface area (Å²) in [5.41, 5.74) is 0. The van der Waals surface area contributed by atoms with Crippen molar-refractivity contribution in [1.82, 2.24) is 20.0 Å². The highest BCUT2D eigenvalue weighted by Gasteiger charge is 2.28. The maximum atomic E-state index is 12.3. The Morgan fingerprint density at radius 1 is 1.35 bits per heavy atom. The van der Waals surface area contributed by atoms with Gasteiger partial charge in [-0.15, -0.1) is 0 Å². The van der Waals surface area contributed by atoms with E-state index in [4.69, 9.17) is 0 Å². The van der Waals surface area contributed by atoms with Gasteiger partial charge in [-0.05, 0) is 25.7 Å². The van der Waals surface area contributed by atoms with E-state index in [2.05, 4.69) is 27.9 Å². The summed E-state index contributed by atoms with van der Waals surface area (Å²) in [5, 5.41) is 10.1. The van der Waals surface area contributed by atoms with Gasteiger partial charge in [0.2, 0.25) is 5.91 Å². The minimum Gasteiger partial charge on any atom is -0.332 e. The molecule has 0 radical (unpaired) electrons. The van der Waals surface area contributed by atoms with Crippen molar-refractivity contribution in [3.05, 3.63) is 24.4 Å². The number of anilines is 1. The Kier molecular flexibility index (Phi) is 4.64. The second-order valence-corrected chi connectivity index (χ2v) is 6.17. The highest BCUT2D eigenvalue weighted by molar-refractivity contribution is 5.87. The van der Waals surface area contributed by atoms with Crippen LogP contribution in [0, 0.1) is 0 Å². The maximum absolute atomic E-state index is 12.3. The monoisotopic (exact) mass is 317 g/mol. The summed E-state index contributed by atoms with van der Waals surface area (Å²) in [7, 11) is 0. The normalized spacial score (nSPS) is 23.8. The molecule has 23 heavy (non-hydrogen) atoms. The van der Waals surface area contributed by atoms with Gasteiger partial charge in [0.05, 0.1) is 6.04 Å². The molecule has 1 aromatic rings. The SMILES string of the molecule is CC(=O)Nc1ccn([C@@H]2CCN(C(=O)N[C@@H]3C=CCCC3)C2)n1. The van der Waals surface area contributed by atoms with Crippen LogP contribution in [0.2, 0.25) is 0 Å². The van der Waals surface area contributed by atoms with E-state index < -0.39 is 0 Å². The molecule has 1 aromatic heterocycles. The molecule has 1 fully saturated rings. The Morgan fingerprint density at radius 3 is 2.96 bits per heavy atom. The van der Waals surface area contributed by atoms with Crippen molar-refractivity contribution in [2.45, 2.75) is 44.7 Å². The summed E-state index contributed by atoms with van der Waals surface area (Å²) >= 11 is 0. The Hall–Kier alpha value is -2.31. The molecule has 2 heterocycles. The minimum atomic E-state index is -0.136. The van der Waals surface area contributed by atoms with Crippen molar-refractivity contribution >= 4 is 17.8 Å². The molecule has 3 rings (SSSR count). The van der Waals surface area contributed by atoms with Crippen LogP contribution in [0.25, 0.3) is 0 Å². The third kappa shape index (κ3) is 3.91. The molecule has 7 nitrogen and oxygen atoms in total. The maximum Gasteiger partial charge on any atom is 0.317 e. The molecule has 2 aliphatic rings. The number of hydrogen-bond donors (Lipinski definition) is 2. The van der Waals surface area contributed by atoms with E-state index in [0.29, 0.717) is 12.4 Å². The highest BCUT2D eigenvalue weighted by atomic mass is 16.2. The van der Waals surface area contributed by atoms with E-state index in [1.165, 1.54) is 6.92 Å². The Balaban J connectivity index is 1.54. The van der Waals surface area contributed by atoms with Crippen molar-refractivity contribution in [3.8, 4) is 0 Å². The number of nitrogens with one attached hydrogen (secondary N) is 2. The van der Waals surface area contributed by atoms with Gasteiger partial charge in [0.15, 0.2) is 5.82 Å². The number of allylic oxidation sites excluding steroid dienone is 1. The first-order valence-electron chi connectivity index (χ1n) is 8.16. The van der Waals surface area contributed by atoms with Crippen molar-refractivity contribution in [2.24, 2.45) is 0 Å². The molecule has 0 spiro atoms. The zero-order valence-electron chi connectivity index (χ0n) is 13.4. The zero-order chi connectivity index (χ0) is 16.2. The molecule has 0 aromatic carbocycles. The first-order chi connectivity index (χ1) is 11.1. The van der Waals surface area contributed by atoms with Gasteiger partial charge in [-0.1, -0.05) is 12.2 Å². The summed E-state index contributed by atoms with van der Waals surface area (Å²) in [6.07, 6.45) is 10.2. The lowest BCUT2D eigenvalue weighted by Crippen LogP contribution is -2.43. The third-order valence-corrected chi connectivity index (χ3v) is 4.30. The van der Waals surface area contributed by atoms with Crippen LogP contribution in [0.4, 0.5) is 10.6 Å². The number of aromatic nitrogens is 2. The van der Waals surface area contributed by atoms with Gasteiger partial charge in [0.1, 0.15) is 0 Å². The number of carbonyl (C=O) groups excluding carboxylic acids is 2. The van der Waals surface area contributed by atoms with E-state index in [0.717, 1.165) is 32.2 Å². The predicted molar refractivity (Wildman–Crippen MR) is 87.1 cm³/mol. The quantitative estimate of drug-likeness (QED) is 0.836. The molecule has 0 saturated carbocycles. The van der Waals surface area contributed by atoms with E-state index in [-0.39, 0.29) is 24.0 Å². The van der Waals surface area contributed by atoms with E-state index in [1.54, 1.807) is 6.07 Å². The number of urea groups is 1. The van der Waals surface area contributed by atoms with E-state index in [1.807, 2.05) is 15.8 Å². The standard InChI is InChI=1S/C16H23N5O2/c1-12(22)17-15-8-10-21(19-15)14-7-9-20(11-14)16(23)18-13-5-3-2-4-6-13/h3,5,8,10,13-14H,2,4,6-7,9,11H2,1H3,(H,18,23)(H,17,19,22)/t13-,14-/m1/s1. The molecule has 2 atom stereocenters. The number of nitrogens with zero attached hydrogens (tertiary/aromatic N) is 3. The highest BCUT2D eigenvalue weighted by Crippen LogP contribution is 2.22. The average molecular weight is 317 g/mol. The second-order valence-electron chi connectivity index (χ2n) is 6.17. The Bertz CT molecular complexity index is 609. The molecule has 2 N–H and O–H groups in total. The van der Waals surface area contributed by atoms with Gasteiger partial charge in [0, 0.05) is 38.3 Å². The van der Waals surface area contributed by atoms with Crippen molar-refractivity contribution < 1.29 is 9.59 Å². The number of rotatable bonds is 3. The molecule has 1 aliphatic carbocycles. The minimum absolute atomic E-state index is 0.00158. The third-order valence-electron chi connectivity index (χ3n) is 4.30. The number of likely N-dealkylation sites (tertiary alicyclic amines) is 1. The number of carbonyl (C=O) groups is 2. The molecular formula is C16H23N5O2. The fourth-order valence-electron chi connectivity index (χ4n) is 3.11. The van der Waals surface area contributed by atoms with Crippen LogP contribution < -0.4 is 10.6 Å². The molecule has 1 aliphatic heterocycles. The summed E-state index contributed by atoms with van der Waals surface area (Å²) in [4.78, 5) is 25.2. The Labute approximate surface area is 135 Å². The molecular weight excluding hydrogens is 294 g/mol. The first kappa shape index (κ1) is 15.6. The molecule has 124 valence electrons. The van der Waals surface area contributed by atoms with Crippen LogP contribution in [0.15, 0.2) is 24.4 Å². The van der Waals surface area contributed by atoms with Gasteiger partial charge in [-0.3, -0.25) is 9.48 Å². The molecule has 3 amide bonds. The number of hydrogen-bond acceptors (Lipinski definition) is 3. The Morgan fingerprint density at radius 2 is 2.22 bits per heavy atom. The number of amides is 3. The molecule has 0 unspecified atom stereocenters. The zero-order valence-corrected chi connectivity index (χ0v) is 13.4. The van der Waals surface area contributed by atoms with E-state index in [9.17, 15) is 9.59 Å². The van der Waals surface area contributed by atoms with Gasteiger partial charge in [-0.2, -0.15) is 5.10 Å². The molecule has 0 bridgehead atoms. The largest absolute Gasteiger partial charge is 0.332 e. The smallest absolute Gasteiger partial charge is 0.317 e. The fourth-order valence-corrected chi connectivity index (χ4v) is 3.11. The first-order valence-corrected chi connectivity index (χ1v) is 8.16. The summed E-state index contributed by atoms with van der Waals surface area (Å²) in [5.74, 6) is 0.413. The lowest BCUT2D eigenvalue weighted by molar-refractivity contribution is -0.114. The summed E-state index contributed by atoms with van der Waals surface area (Å²) in [6.45, 7) is 2.83. The summed E-state index contributed by atoms with van der Waals surface area (Å²) in [6, 6.07) is 2.09. The average Bonchev–Trinajstić information content (AvgIpc) is 3.16. The topological polar surface area (TPSA) is 79.3 Å². The van der Waals surface area contributed by atoms with Gasteiger partial charge in [-0.25, -0.2) is 4.79 Å². The second kappa shape index (κ2) is 6.85. The van der Waals surface area contributed by atoms with Crippen LogP contribution >= 0.6 is 0 Å². The molecule has 7 heteroatoms. The van der Waals surface area contributed by atoms with Crippen molar-refractivity contribution in [1.29, 1.82) is 0 Å². The summed E-state index contributed by atoms with van der Waals surface area (Å²) < 4.78 is 1.83. The lowest BCUT2D eigenvalue weighted by atomic mass is 10.0. The van der Waals surface area contributed by atoms with Crippen molar-refractivity contribution in [3.63, 3.8) is 0 Å². The predicted octanol–water partition coefficient (Wildman–Crippen LogP) is 1.91. The van der Waals surface area contributed by atoms with Gasteiger partial charge < -0.3 is 15.5 Å². The van der Waals surface area contributed by atoms with E-state index >= 15 is 0 Å². The molecule has 1 saturated heterocycles. The van der Waals surface area contributed by atoms with Gasteiger partial charge in [0.25, 0.3) is 0 Å². The van der Waals surface area contributed by atoms with Gasteiger partial charge >= 0.3 is 6.03 Å². The van der Waals surface area contributed by atoms with Crippen LogP contribution in [0.1, 0.15) is 38.6 Å². The van der Waals surface area contributed by atoms with Crippen molar-refractivity contribution in [2.75, 3.05) is 18.4 Å². The van der Waals surface area contributed by atoms with Crippen LogP contribution in [-0.2, 0) is 4.79 Å².